The molecule has 0 aromatic heterocycles. The Morgan fingerprint density at radius 1 is 1.00 bits per heavy atom. The summed E-state index contributed by atoms with van der Waals surface area (Å²) in [6.45, 7) is 2.13. The Bertz CT molecular complexity index is 986. The molecule has 0 bridgehead atoms. The fourth-order valence-electron chi connectivity index (χ4n) is 3.14. The van der Waals surface area contributed by atoms with Crippen LogP contribution in [0.15, 0.2) is 57.9 Å². The number of rotatable bonds is 6. The molecule has 0 spiro atoms. The summed E-state index contributed by atoms with van der Waals surface area (Å²) in [5.41, 5.74) is 0.898. The Morgan fingerprint density at radius 2 is 1.59 bits per heavy atom. The maximum absolute atomic E-state index is 12.5. The summed E-state index contributed by atoms with van der Waals surface area (Å²) in [7, 11) is -3.51. The second-order valence-corrected chi connectivity index (χ2v) is 9.69. The predicted octanol–water partition coefficient (Wildman–Crippen LogP) is 2.87. The number of halogens is 1. The zero-order chi connectivity index (χ0) is 21.0. The van der Waals surface area contributed by atoms with E-state index >= 15 is 0 Å². The molecule has 2 aromatic rings. The van der Waals surface area contributed by atoms with Gasteiger partial charge in [0, 0.05) is 54.9 Å². The number of anilines is 1. The van der Waals surface area contributed by atoms with Gasteiger partial charge in [0.2, 0.25) is 5.91 Å². The second-order valence-electron chi connectivity index (χ2n) is 6.66. The van der Waals surface area contributed by atoms with E-state index in [1.165, 1.54) is 24.3 Å². The van der Waals surface area contributed by atoms with Gasteiger partial charge >= 0.3 is 0 Å². The molecule has 1 aliphatic heterocycles. The van der Waals surface area contributed by atoms with Crippen molar-refractivity contribution in [3.63, 3.8) is 0 Å². The molecule has 10 heteroatoms. The Kier molecular flexibility index (Phi) is 6.53. The van der Waals surface area contributed by atoms with Crippen LogP contribution in [-0.4, -0.2) is 56.1 Å². The van der Waals surface area contributed by atoms with Gasteiger partial charge in [0.25, 0.3) is 5.69 Å². The lowest BCUT2D eigenvalue weighted by molar-refractivity contribution is -0.384. The molecular weight excluding hydrogens is 462 g/mol. The molecule has 2 aromatic carbocycles. The molecule has 8 nitrogen and oxygen atoms in total. The number of nitro groups is 1. The molecule has 0 radical (unpaired) electrons. The highest BCUT2D eigenvalue weighted by atomic mass is 79.9. The van der Waals surface area contributed by atoms with Gasteiger partial charge in [-0.25, -0.2) is 8.42 Å². The molecule has 1 fully saturated rings. The molecule has 1 amide bonds. The Morgan fingerprint density at radius 3 is 2.14 bits per heavy atom. The van der Waals surface area contributed by atoms with Crippen molar-refractivity contribution >= 4 is 43.0 Å². The van der Waals surface area contributed by atoms with Crippen LogP contribution in [-0.2, 0) is 14.6 Å². The fourth-order valence-corrected chi connectivity index (χ4v) is 4.63. The minimum Gasteiger partial charge on any atom is -0.368 e. The number of carbonyl (C=O) groups is 1. The topological polar surface area (TPSA) is 101 Å². The van der Waals surface area contributed by atoms with Crippen LogP contribution in [0.1, 0.15) is 6.42 Å². The smallest absolute Gasteiger partial charge is 0.269 e. The first-order valence-electron chi connectivity index (χ1n) is 9.02. The summed E-state index contributed by atoms with van der Waals surface area (Å²) < 4.78 is 25.6. The van der Waals surface area contributed by atoms with Crippen LogP contribution in [0.5, 0.6) is 0 Å². The van der Waals surface area contributed by atoms with E-state index in [-0.39, 0.29) is 28.7 Å². The number of nitro benzene ring substituents is 1. The summed E-state index contributed by atoms with van der Waals surface area (Å²) in [6, 6.07) is 12.7. The highest BCUT2D eigenvalue weighted by Crippen LogP contribution is 2.21. The third-order valence-corrected chi connectivity index (χ3v) is 7.08. The third kappa shape index (κ3) is 5.33. The van der Waals surface area contributed by atoms with E-state index in [9.17, 15) is 23.3 Å². The Balaban J connectivity index is 1.52. The summed E-state index contributed by atoms with van der Waals surface area (Å²) >= 11 is 3.27. The van der Waals surface area contributed by atoms with Crippen molar-refractivity contribution in [3.05, 3.63) is 63.1 Å². The Hall–Kier alpha value is -2.46. The van der Waals surface area contributed by atoms with E-state index in [0.29, 0.717) is 26.2 Å². The van der Waals surface area contributed by atoms with Gasteiger partial charge in [0.15, 0.2) is 9.84 Å². The normalized spacial score (nSPS) is 14.7. The third-order valence-electron chi connectivity index (χ3n) is 4.82. The van der Waals surface area contributed by atoms with E-state index in [1.54, 1.807) is 29.2 Å². The van der Waals surface area contributed by atoms with E-state index < -0.39 is 14.8 Å². The minimum absolute atomic E-state index is 0.0366. The van der Waals surface area contributed by atoms with Gasteiger partial charge in [-0.3, -0.25) is 14.9 Å². The van der Waals surface area contributed by atoms with Crippen LogP contribution in [0.4, 0.5) is 11.4 Å². The molecular formula is C19H20BrN3O5S. The lowest BCUT2D eigenvalue weighted by atomic mass is 10.2. The van der Waals surface area contributed by atoms with Crippen molar-refractivity contribution in [1.82, 2.24) is 4.90 Å². The number of hydrogen-bond acceptors (Lipinski definition) is 6. The van der Waals surface area contributed by atoms with Crippen molar-refractivity contribution in [1.29, 1.82) is 0 Å². The first-order chi connectivity index (χ1) is 13.8. The van der Waals surface area contributed by atoms with Gasteiger partial charge in [-0.1, -0.05) is 15.9 Å². The molecule has 0 aliphatic carbocycles. The average Bonchev–Trinajstić information content (AvgIpc) is 2.72. The maximum atomic E-state index is 12.5. The number of amides is 1. The standard InChI is InChI=1S/C19H20BrN3O5S/c20-15-1-7-18(8-2-15)29(27,28)14-9-19(24)22-12-10-21(11-13-22)16-3-5-17(6-4-16)23(25)26/h1-8H,9-14H2. The molecule has 0 saturated carbocycles. The fraction of sp³-hybridized carbons (Fsp3) is 0.316. The molecule has 1 aliphatic rings. The summed E-state index contributed by atoms with van der Waals surface area (Å²) in [6.07, 6.45) is -0.0596. The summed E-state index contributed by atoms with van der Waals surface area (Å²) in [4.78, 5) is 26.7. The van der Waals surface area contributed by atoms with Gasteiger partial charge in [-0.2, -0.15) is 0 Å². The number of sulfone groups is 1. The molecule has 0 N–H and O–H groups in total. The number of benzene rings is 2. The van der Waals surface area contributed by atoms with Crippen molar-refractivity contribution in [2.24, 2.45) is 0 Å². The van der Waals surface area contributed by atoms with E-state index in [2.05, 4.69) is 15.9 Å². The summed E-state index contributed by atoms with van der Waals surface area (Å²) in [5.74, 6) is -0.412. The lowest BCUT2D eigenvalue weighted by Gasteiger charge is -2.36. The number of hydrogen-bond donors (Lipinski definition) is 0. The minimum atomic E-state index is -3.51. The van der Waals surface area contributed by atoms with Crippen LogP contribution in [0, 0.1) is 10.1 Å². The zero-order valence-corrected chi connectivity index (χ0v) is 17.9. The number of piperazine rings is 1. The molecule has 0 unspecified atom stereocenters. The Labute approximate surface area is 177 Å². The first kappa shape index (κ1) is 21.3. The largest absolute Gasteiger partial charge is 0.368 e. The van der Waals surface area contributed by atoms with Crippen LogP contribution in [0.2, 0.25) is 0 Å². The van der Waals surface area contributed by atoms with Crippen molar-refractivity contribution in [3.8, 4) is 0 Å². The average molecular weight is 482 g/mol. The SMILES string of the molecule is O=C(CCS(=O)(=O)c1ccc(Br)cc1)N1CCN(c2ccc([N+](=O)[O-])cc2)CC1. The maximum Gasteiger partial charge on any atom is 0.269 e. The van der Waals surface area contributed by atoms with E-state index in [1.807, 2.05) is 4.90 Å². The number of non-ortho nitro benzene ring substituents is 1. The number of nitrogens with zero attached hydrogens (tertiary/aromatic N) is 3. The van der Waals surface area contributed by atoms with Gasteiger partial charge in [-0.05, 0) is 36.4 Å². The second kappa shape index (κ2) is 8.91. The van der Waals surface area contributed by atoms with Crippen molar-refractivity contribution < 1.29 is 18.1 Å². The molecule has 1 heterocycles. The summed E-state index contributed by atoms with van der Waals surface area (Å²) in [5, 5.41) is 10.7. The van der Waals surface area contributed by atoms with E-state index in [0.717, 1.165) is 10.2 Å². The first-order valence-corrected chi connectivity index (χ1v) is 11.5. The quantitative estimate of drug-likeness (QED) is 0.464. The van der Waals surface area contributed by atoms with Crippen LogP contribution in [0.25, 0.3) is 0 Å². The van der Waals surface area contributed by atoms with Gasteiger partial charge in [0.1, 0.15) is 0 Å². The van der Waals surface area contributed by atoms with Crippen LogP contribution >= 0.6 is 15.9 Å². The van der Waals surface area contributed by atoms with E-state index in [4.69, 9.17) is 0 Å². The predicted molar refractivity (Wildman–Crippen MR) is 113 cm³/mol. The highest BCUT2D eigenvalue weighted by molar-refractivity contribution is 9.10. The molecule has 154 valence electrons. The molecule has 3 rings (SSSR count). The zero-order valence-electron chi connectivity index (χ0n) is 15.5. The van der Waals surface area contributed by atoms with Crippen molar-refractivity contribution in [2.45, 2.75) is 11.3 Å². The highest BCUT2D eigenvalue weighted by Gasteiger charge is 2.24. The van der Waals surface area contributed by atoms with Crippen LogP contribution < -0.4 is 4.90 Å². The molecule has 29 heavy (non-hydrogen) atoms. The van der Waals surface area contributed by atoms with Gasteiger partial charge < -0.3 is 9.80 Å². The lowest BCUT2D eigenvalue weighted by Crippen LogP contribution is -2.49. The van der Waals surface area contributed by atoms with Crippen molar-refractivity contribution in [2.75, 3.05) is 36.8 Å². The number of carbonyl (C=O) groups excluding carboxylic acids is 1. The van der Waals surface area contributed by atoms with Gasteiger partial charge in [0.05, 0.1) is 15.6 Å². The van der Waals surface area contributed by atoms with Crippen LogP contribution in [0.3, 0.4) is 0 Å². The monoisotopic (exact) mass is 481 g/mol. The molecule has 0 atom stereocenters. The van der Waals surface area contributed by atoms with Gasteiger partial charge in [-0.15, -0.1) is 0 Å². The molecule has 1 saturated heterocycles.